The van der Waals surface area contributed by atoms with Gasteiger partial charge in [-0.3, -0.25) is 9.69 Å². The zero-order valence-corrected chi connectivity index (χ0v) is 22.3. The third-order valence-corrected chi connectivity index (χ3v) is 9.48. The van der Waals surface area contributed by atoms with Gasteiger partial charge in [-0.05, 0) is 67.5 Å². The number of aromatic nitrogens is 1. The van der Waals surface area contributed by atoms with E-state index in [-0.39, 0.29) is 11.2 Å². The van der Waals surface area contributed by atoms with Crippen LogP contribution in [0.4, 0.5) is 11.4 Å². The van der Waals surface area contributed by atoms with Gasteiger partial charge >= 0.3 is 0 Å². The Bertz CT molecular complexity index is 1340. The van der Waals surface area contributed by atoms with Crippen molar-refractivity contribution >= 4 is 28.1 Å². The quantitative estimate of drug-likeness (QED) is 0.434. The van der Waals surface area contributed by atoms with Crippen LogP contribution in [0.15, 0.2) is 30.3 Å². The van der Waals surface area contributed by atoms with Crippen LogP contribution in [0.25, 0.3) is 10.9 Å². The number of rotatable bonds is 5. The molecule has 0 atom stereocenters. The number of fused-ring (bicyclic) bond motifs is 4. The van der Waals surface area contributed by atoms with E-state index in [4.69, 9.17) is 5.73 Å². The molecule has 0 spiro atoms. The summed E-state index contributed by atoms with van der Waals surface area (Å²) in [4.78, 5) is 22.8. The lowest BCUT2D eigenvalue weighted by molar-refractivity contribution is 0.00379. The first kappa shape index (κ1) is 23.6. The van der Waals surface area contributed by atoms with Gasteiger partial charge in [0.05, 0.1) is 5.56 Å². The minimum Gasteiger partial charge on any atom is -0.399 e. The Hall–Kier alpha value is -2.79. The number of H-pyrrole nitrogens is 1. The molecule has 36 heavy (non-hydrogen) atoms. The monoisotopic (exact) mass is 484 g/mol. The minimum absolute atomic E-state index is 0.132. The van der Waals surface area contributed by atoms with Crippen molar-refractivity contribution in [3.05, 3.63) is 58.3 Å². The van der Waals surface area contributed by atoms with Gasteiger partial charge in [0.2, 0.25) is 0 Å². The first-order valence-electron chi connectivity index (χ1n) is 13.9. The molecular weight excluding hydrogens is 444 g/mol. The van der Waals surface area contributed by atoms with E-state index in [1.54, 1.807) is 0 Å². The van der Waals surface area contributed by atoms with Crippen molar-refractivity contribution < 1.29 is 4.79 Å². The lowest BCUT2D eigenvalue weighted by Crippen LogP contribution is -2.60. The van der Waals surface area contributed by atoms with Crippen LogP contribution in [-0.2, 0) is 11.8 Å². The smallest absolute Gasteiger partial charge is 0.195 e. The fourth-order valence-corrected chi connectivity index (χ4v) is 7.30. The second-order valence-corrected chi connectivity index (χ2v) is 11.8. The van der Waals surface area contributed by atoms with Gasteiger partial charge in [0.25, 0.3) is 0 Å². The number of benzene rings is 2. The molecule has 2 aliphatic carbocycles. The number of hydrogen-bond acceptors (Lipinski definition) is 4. The van der Waals surface area contributed by atoms with E-state index in [1.807, 2.05) is 18.2 Å². The highest BCUT2D eigenvalue weighted by molar-refractivity contribution is 6.20. The molecule has 1 aromatic heterocycles. The van der Waals surface area contributed by atoms with Crippen LogP contribution in [0.1, 0.15) is 92.5 Å². The van der Waals surface area contributed by atoms with Crippen molar-refractivity contribution in [1.29, 1.82) is 0 Å². The standard InChI is InChI=1S/C31H40N4O/c1-5-10-31(11-7-12-31)35-15-13-34(14-16-35)26-19-24-23(17-20(26)6-2)28(36)27-22-9-8-21(32)18-25(22)33-29(27)30(24,3)4/h8-9,17-19,33H,5-7,10-16,32H2,1-4H3. The van der Waals surface area contributed by atoms with Gasteiger partial charge in [-0.25, -0.2) is 0 Å². The van der Waals surface area contributed by atoms with E-state index in [0.717, 1.165) is 65.9 Å². The SMILES string of the molecule is CCCC1(N2CCN(c3cc4c(cc3CC)C(=O)c3c([nH]c5cc(N)ccc35)C4(C)C)CC2)CCC1. The number of carbonyl (C=O) groups is 1. The third-order valence-electron chi connectivity index (χ3n) is 9.48. The fourth-order valence-electron chi connectivity index (χ4n) is 7.30. The zero-order valence-electron chi connectivity index (χ0n) is 22.3. The summed E-state index contributed by atoms with van der Waals surface area (Å²) in [5.41, 5.74) is 14.3. The van der Waals surface area contributed by atoms with E-state index in [0.29, 0.717) is 11.2 Å². The lowest BCUT2D eigenvalue weighted by atomic mass is 9.70. The van der Waals surface area contributed by atoms with Crippen LogP contribution >= 0.6 is 0 Å². The molecule has 0 unspecified atom stereocenters. The molecule has 1 aliphatic heterocycles. The first-order valence-corrected chi connectivity index (χ1v) is 13.9. The predicted octanol–water partition coefficient (Wildman–Crippen LogP) is 6.03. The molecule has 1 saturated heterocycles. The maximum Gasteiger partial charge on any atom is 0.195 e. The Morgan fingerprint density at radius 1 is 1.03 bits per heavy atom. The Kier molecular flexibility index (Phi) is 5.49. The van der Waals surface area contributed by atoms with Gasteiger partial charge < -0.3 is 15.6 Å². The molecule has 0 amide bonds. The van der Waals surface area contributed by atoms with Crippen molar-refractivity contribution in [3.63, 3.8) is 0 Å². The average molecular weight is 485 g/mol. The van der Waals surface area contributed by atoms with Gasteiger partial charge in [0.1, 0.15) is 0 Å². The highest BCUT2D eigenvalue weighted by Crippen LogP contribution is 2.46. The van der Waals surface area contributed by atoms with E-state index in [9.17, 15) is 4.79 Å². The van der Waals surface area contributed by atoms with Crippen molar-refractivity contribution in [1.82, 2.24) is 9.88 Å². The number of nitrogens with two attached hydrogens (primary N) is 1. The molecule has 3 aromatic rings. The predicted molar refractivity (Wildman–Crippen MR) is 149 cm³/mol. The maximum absolute atomic E-state index is 13.9. The molecule has 0 radical (unpaired) electrons. The van der Waals surface area contributed by atoms with Crippen LogP contribution in [0.3, 0.4) is 0 Å². The molecule has 5 nitrogen and oxygen atoms in total. The van der Waals surface area contributed by atoms with E-state index < -0.39 is 0 Å². The van der Waals surface area contributed by atoms with Crippen LogP contribution in [-0.4, -0.2) is 47.4 Å². The summed E-state index contributed by atoms with van der Waals surface area (Å²) in [6.45, 7) is 13.4. The Balaban J connectivity index is 1.37. The molecule has 2 fully saturated rings. The molecule has 0 bridgehead atoms. The number of aryl methyl sites for hydroxylation is 1. The normalized spacial score (nSPS) is 20.8. The summed E-state index contributed by atoms with van der Waals surface area (Å²) in [7, 11) is 0. The summed E-state index contributed by atoms with van der Waals surface area (Å²) >= 11 is 0. The molecular formula is C31H40N4O. The molecule has 1 saturated carbocycles. The number of anilines is 2. The van der Waals surface area contributed by atoms with Gasteiger partial charge in [-0.1, -0.05) is 40.2 Å². The maximum atomic E-state index is 13.9. The molecule has 190 valence electrons. The summed E-state index contributed by atoms with van der Waals surface area (Å²) in [6, 6.07) is 10.4. The Morgan fingerprint density at radius 3 is 2.42 bits per heavy atom. The second kappa shape index (κ2) is 8.37. The molecule has 2 heterocycles. The molecule has 5 heteroatoms. The van der Waals surface area contributed by atoms with Gasteiger partial charge in [0, 0.05) is 70.7 Å². The molecule has 3 N–H and O–H groups in total. The highest BCUT2D eigenvalue weighted by Gasteiger charge is 2.43. The number of nitrogens with zero attached hydrogens (tertiary/aromatic N) is 2. The number of ketones is 1. The average Bonchev–Trinajstić information content (AvgIpc) is 3.24. The van der Waals surface area contributed by atoms with Crippen LogP contribution in [0, 0.1) is 0 Å². The largest absolute Gasteiger partial charge is 0.399 e. The van der Waals surface area contributed by atoms with Crippen molar-refractivity contribution in [2.45, 2.75) is 77.2 Å². The van der Waals surface area contributed by atoms with E-state index in [2.05, 4.69) is 54.6 Å². The number of aromatic amines is 1. The number of piperazine rings is 1. The van der Waals surface area contributed by atoms with Gasteiger partial charge in [-0.15, -0.1) is 0 Å². The number of carbonyl (C=O) groups excluding carboxylic acids is 1. The lowest BCUT2D eigenvalue weighted by Gasteiger charge is -2.53. The number of nitrogens with one attached hydrogen (secondary N) is 1. The molecule has 2 aromatic carbocycles. The molecule has 3 aliphatic rings. The topological polar surface area (TPSA) is 65.4 Å². The minimum atomic E-state index is -0.299. The van der Waals surface area contributed by atoms with Crippen molar-refractivity contribution in [2.24, 2.45) is 0 Å². The fraction of sp³-hybridized carbons (Fsp3) is 0.516. The van der Waals surface area contributed by atoms with Crippen molar-refractivity contribution in [2.75, 3.05) is 36.8 Å². The van der Waals surface area contributed by atoms with Gasteiger partial charge in [0.15, 0.2) is 5.78 Å². The molecule has 6 rings (SSSR count). The Labute approximate surface area is 215 Å². The van der Waals surface area contributed by atoms with E-state index >= 15 is 0 Å². The summed E-state index contributed by atoms with van der Waals surface area (Å²) < 4.78 is 0. The zero-order chi connectivity index (χ0) is 25.2. The summed E-state index contributed by atoms with van der Waals surface area (Å²) in [5, 5.41) is 0.971. The number of nitrogen functional groups attached to an aromatic ring is 1. The summed E-state index contributed by atoms with van der Waals surface area (Å²) in [6.07, 6.45) is 7.66. The van der Waals surface area contributed by atoms with E-state index in [1.165, 1.54) is 43.4 Å². The van der Waals surface area contributed by atoms with Crippen LogP contribution in [0.5, 0.6) is 0 Å². The number of hydrogen-bond donors (Lipinski definition) is 2. The third kappa shape index (κ3) is 3.35. The van der Waals surface area contributed by atoms with Crippen LogP contribution < -0.4 is 10.6 Å². The second-order valence-electron chi connectivity index (χ2n) is 11.8. The Morgan fingerprint density at radius 2 is 1.78 bits per heavy atom. The summed E-state index contributed by atoms with van der Waals surface area (Å²) in [5.74, 6) is 0.132. The van der Waals surface area contributed by atoms with Gasteiger partial charge in [-0.2, -0.15) is 0 Å². The highest BCUT2D eigenvalue weighted by atomic mass is 16.1. The van der Waals surface area contributed by atoms with Crippen molar-refractivity contribution in [3.8, 4) is 0 Å². The first-order chi connectivity index (χ1) is 17.3. The van der Waals surface area contributed by atoms with Crippen LogP contribution in [0.2, 0.25) is 0 Å².